The van der Waals surface area contributed by atoms with Gasteiger partial charge in [0.2, 0.25) is 5.95 Å². The maximum Gasteiger partial charge on any atom is 0.224 e. The van der Waals surface area contributed by atoms with Gasteiger partial charge in [0.05, 0.1) is 12.5 Å². The zero-order chi connectivity index (χ0) is 14.2. The normalized spacial score (nSPS) is 10.5. The zero-order valence-electron chi connectivity index (χ0n) is 11.5. The molecule has 0 spiro atoms. The molecule has 0 aliphatic heterocycles. The lowest BCUT2D eigenvalue weighted by Crippen LogP contribution is -2.10. The first-order chi connectivity index (χ1) is 9.79. The fraction of sp³-hybridized carbons (Fsp3) is 0.462. The molecule has 7 heteroatoms. The van der Waals surface area contributed by atoms with Gasteiger partial charge >= 0.3 is 0 Å². The van der Waals surface area contributed by atoms with Crippen LogP contribution in [0, 0.1) is 0 Å². The molecule has 0 aliphatic rings. The second-order valence-electron chi connectivity index (χ2n) is 4.40. The molecule has 2 rings (SSSR count). The van der Waals surface area contributed by atoms with E-state index in [-0.39, 0.29) is 0 Å². The van der Waals surface area contributed by atoms with Crippen molar-refractivity contribution in [1.82, 2.24) is 19.5 Å². The largest absolute Gasteiger partial charge is 0.369 e. The summed E-state index contributed by atoms with van der Waals surface area (Å²) >= 11 is 6.08. The monoisotopic (exact) mass is 294 g/mol. The van der Waals surface area contributed by atoms with Crippen LogP contribution >= 0.6 is 11.6 Å². The Morgan fingerprint density at radius 3 is 2.95 bits per heavy atom. The van der Waals surface area contributed by atoms with Crippen LogP contribution in [0.25, 0.3) is 0 Å². The molecule has 0 atom stereocenters. The van der Waals surface area contributed by atoms with Crippen LogP contribution in [-0.4, -0.2) is 32.6 Å². The number of halogens is 1. The van der Waals surface area contributed by atoms with Crippen LogP contribution in [-0.2, 0) is 6.54 Å². The molecule has 0 radical (unpaired) electrons. The van der Waals surface area contributed by atoms with Gasteiger partial charge in [-0.1, -0.05) is 18.5 Å². The van der Waals surface area contributed by atoms with Crippen LogP contribution in [0.15, 0.2) is 24.9 Å². The van der Waals surface area contributed by atoms with Gasteiger partial charge in [-0.15, -0.1) is 0 Å². The molecule has 2 aromatic heterocycles. The highest BCUT2D eigenvalue weighted by Gasteiger charge is 2.04. The minimum absolute atomic E-state index is 0.537. The lowest BCUT2D eigenvalue weighted by atomic mass is 10.4. The van der Waals surface area contributed by atoms with Gasteiger partial charge in [0, 0.05) is 32.0 Å². The van der Waals surface area contributed by atoms with Gasteiger partial charge in [-0.05, 0) is 12.8 Å². The molecule has 0 aromatic carbocycles. The molecule has 2 N–H and O–H groups in total. The van der Waals surface area contributed by atoms with Crippen molar-refractivity contribution < 1.29 is 0 Å². The molecule has 0 amide bonds. The smallest absolute Gasteiger partial charge is 0.224 e. The number of rotatable bonds is 8. The molecule has 0 aliphatic carbocycles. The van der Waals surface area contributed by atoms with Crippen LogP contribution in [0.5, 0.6) is 0 Å². The summed E-state index contributed by atoms with van der Waals surface area (Å²) in [7, 11) is 0. The molecule has 20 heavy (non-hydrogen) atoms. The van der Waals surface area contributed by atoms with Crippen molar-refractivity contribution in [1.29, 1.82) is 0 Å². The van der Waals surface area contributed by atoms with Crippen molar-refractivity contribution in [2.75, 3.05) is 23.7 Å². The Hall–Kier alpha value is -1.82. The molecule has 6 nitrogen and oxygen atoms in total. The second kappa shape index (κ2) is 7.69. The molecule has 2 aromatic rings. The van der Waals surface area contributed by atoms with E-state index in [0.29, 0.717) is 16.8 Å². The third-order valence-electron chi connectivity index (χ3n) is 2.72. The van der Waals surface area contributed by atoms with Crippen molar-refractivity contribution in [3.8, 4) is 0 Å². The van der Waals surface area contributed by atoms with Crippen LogP contribution in [0.3, 0.4) is 0 Å². The minimum Gasteiger partial charge on any atom is -0.369 e. The Labute approximate surface area is 123 Å². The van der Waals surface area contributed by atoms with E-state index in [0.717, 1.165) is 32.5 Å². The lowest BCUT2D eigenvalue weighted by Gasteiger charge is -2.09. The first-order valence-corrected chi connectivity index (χ1v) is 7.13. The maximum absolute atomic E-state index is 6.08. The van der Waals surface area contributed by atoms with Crippen LogP contribution in [0.4, 0.5) is 11.8 Å². The number of aryl methyl sites for hydroxylation is 1. The molecule has 0 saturated carbocycles. The topological polar surface area (TPSA) is 67.7 Å². The van der Waals surface area contributed by atoms with Crippen molar-refractivity contribution in [3.05, 3.63) is 29.9 Å². The summed E-state index contributed by atoms with van der Waals surface area (Å²) in [6.45, 7) is 4.65. The summed E-state index contributed by atoms with van der Waals surface area (Å²) in [6, 6.07) is 0. The van der Waals surface area contributed by atoms with Gasteiger partial charge in [-0.25, -0.2) is 9.97 Å². The number of nitrogens with one attached hydrogen (secondary N) is 2. The SMILES string of the molecule is CCCNc1ncc(Cl)c(NCCCn2ccnc2)n1. The molecule has 0 saturated heterocycles. The Morgan fingerprint density at radius 1 is 1.30 bits per heavy atom. The van der Waals surface area contributed by atoms with Gasteiger partial charge in [-0.2, -0.15) is 4.98 Å². The average Bonchev–Trinajstić information content (AvgIpc) is 2.97. The van der Waals surface area contributed by atoms with Gasteiger partial charge in [0.1, 0.15) is 10.8 Å². The van der Waals surface area contributed by atoms with Crippen molar-refractivity contribution >= 4 is 23.4 Å². The third-order valence-corrected chi connectivity index (χ3v) is 3.00. The fourth-order valence-electron chi connectivity index (χ4n) is 1.70. The first-order valence-electron chi connectivity index (χ1n) is 6.75. The van der Waals surface area contributed by atoms with E-state index < -0.39 is 0 Å². The van der Waals surface area contributed by atoms with Crippen LogP contribution in [0.1, 0.15) is 19.8 Å². The lowest BCUT2D eigenvalue weighted by molar-refractivity contribution is 0.660. The summed E-state index contributed by atoms with van der Waals surface area (Å²) in [5.41, 5.74) is 0. The molecule has 2 heterocycles. The third kappa shape index (κ3) is 4.38. The molecule has 0 bridgehead atoms. The maximum atomic E-state index is 6.08. The van der Waals surface area contributed by atoms with Gasteiger partial charge in [-0.3, -0.25) is 0 Å². The Bertz CT molecular complexity index is 514. The predicted octanol–water partition coefficient (Wildman–Crippen LogP) is 2.65. The highest BCUT2D eigenvalue weighted by atomic mass is 35.5. The van der Waals surface area contributed by atoms with E-state index in [9.17, 15) is 0 Å². The summed E-state index contributed by atoms with van der Waals surface area (Å²) in [5.74, 6) is 1.28. The van der Waals surface area contributed by atoms with Gasteiger partial charge in [0.15, 0.2) is 0 Å². The highest BCUT2D eigenvalue weighted by molar-refractivity contribution is 6.32. The summed E-state index contributed by atoms with van der Waals surface area (Å²) in [5, 5.41) is 6.91. The van der Waals surface area contributed by atoms with E-state index in [2.05, 4.69) is 32.5 Å². The zero-order valence-corrected chi connectivity index (χ0v) is 12.3. The molecule has 0 fully saturated rings. The number of anilines is 2. The molecule has 0 unspecified atom stereocenters. The standard InChI is InChI=1S/C13H19ClN6/c1-2-4-17-13-18-9-11(14)12(19-13)16-5-3-7-20-8-6-15-10-20/h6,8-10H,2-5,7H2,1H3,(H2,16,17,18,19). The number of imidazole rings is 1. The van der Waals surface area contributed by atoms with E-state index in [4.69, 9.17) is 11.6 Å². The van der Waals surface area contributed by atoms with E-state index in [1.807, 2.05) is 17.1 Å². The Kier molecular flexibility index (Phi) is 5.61. The van der Waals surface area contributed by atoms with E-state index >= 15 is 0 Å². The van der Waals surface area contributed by atoms with Crippen LogP contribution in [0.2, 0.25) is 5.02 Å². The number of hydrogen-bond acceptors (Lipinski definition) is 5. The quantitative estimate of drug-likeness (QED) is 0.733. The van der Waals surface area contributed by atoms with Crippen molar-refractivity contribution in [2.45, 2.75) is 26.3 Å². The highest BCUT2D eigenvalue weighted by Crippen LogP contribution is 2.19. The van der Waals surface area contributed by atoms with Crippen molar-refractivity contribution in [2.24, 2.45) is 0 Å². The summed E-state index contributed by atoms with van der Waals surface area (Å²) < 4.78 is 2.04. The summed E-state index contributed by atoms with van der Waals surface area (Å²) in [6.07, 6.45) is 9.15. The summed E-state index contributed by atoms with van der Waals surface area (Å²) in [4.78, 5) is 12.5. The Balaban J connectivity index is 1.81. The van der Waals surface area contributed by atoms with E-state index in [1.54, 1.807) is 12.4 Å². The number of aromatic nitrogens is 4. The van der Waals surface area contributed by atoms with Crippen LogP contribution < -0.4 is 10.6 Å². The van der Waals surface area contributed by atoms with Gasteiger partial charge in [0.25, 0.3) is 0 Å². The average molecular weight is 295 g/mol. The van der Waals surface area contributed by atoms with Gasteiger partial charge < -0.3 is 15.2 Å². The minimum atomic E-state index is 0.537. The number of hydrogen-bond donors (Lipinski definition) is 2. The predicted molar refractivity (Wildman–Crippen MR) is 81.2 cm³/mol. The first kappa shape index (κ1) is 14.6. The van der Waals surface area contributed by atoms with Crippen molar-refractivity contribution in [3.63, 3.8) is 0 Å². The Morgan fingerprint density at radius 2 is 2.20 bits per heavy atom. The molecular formula is C13H19ClN6. The second-order valence-corrected chi connectivity index (χ2v) is 4.80. The molecule has 108 valence electrons. The number of nitrogens with zero attached hydrogens (tertiary/aromatic N) is 4. The molecular weight excluding hydrogens is 276 g/mol. The van der Waals surface area contributed by atoms with E-state index in [1.165, 1.54) is 0 Å². The fourth-order valence-corrected chi connectivity index (χ4v) is 1.86.